The summed E-state index contributed by atoms with van der Waals surface area (Å²) in [4.78, 5) is 21.0. The Morgan fingerprint density at radius 2 is 1.79 bits per heavy atom. The number of benzene rings is 1. The standard InChI is InChI=1S/C17H22N4O.2ClH/c1-13(12-18)17(22)21-10-8-20(9-11-21)16-7-6-14-4-2-3-5-15(14)19-16;;/h2-7,13H,8-12,18H2,1H3;2*1H. The van der Waals surface area contributed by atoms with E-state index in [0.717, 1.165) is 42.9 Å². The lowest BCUT2D eigenvalue weighted by Crippen LogP contribution is -2.51. The maximum absolute atomic E-state index is 12.2. The van der Waals surface area contributed by atoms with Gasteiger partial charge >= 0.3 is 0 Å². The van der Waals surface area contributed by atoms with Gasteiger partial charge in [-0.2, -0.15) is 0 Å². The van der Waals surface area contributed by atoms with Crippen molar-refractivity contribution in [2.24, 2.45) is 11.7 Å². The number of rotatable bonds is 3. The topological polar surface area (TPSA) is 62.5 Å². The number of amides is 1. The quantitative estimate of drug-likeness (QED) is 0.900. The fourth-order valence-corrected chi connectivity index (χ4v) is 2.80. The van der Waals surface area contributed by atoms with Gasteiger partial charge in [0.05, 0.1) is 5.52 Å². The van der Waals surface area contributed by atoms with Gasteiger partial charge < -0.3 is 15.5 Å². The number of para-hydroxylation sites is 1. The molecule has 132 valence electrons. The Morgan fingerprint density at radius 1 is 1.12 bits per heavy atom. The molecule has 1 aliphatic heterocycles. The average Bonchev–Trinajstić information content (AvgIpc) is 2.60. The van der Waals surface area contributed by atoms with Crippen LogP contribution in [-0.2, 0) is 4.79 Å². The number of anilines is 1. The first kappa shape index (κ1) is 20.5. The van der Waals surface area contributed by atoms with Gasteiger partial charge in [-0.3, -0.25) is 4.79 Å². The number of halogens is 2. The molecule has 3 rings (SSSR count). The smallest absolute Gasteiger partial charge is 0.226 e. The van der Waals surface area contributed by atoms with Gasteiger partial charge in [0.1, 0.15) is 5.82 Å². The molecule has 1 atom stereocenters. The van der Waals surface area contributed by atoms with Crippen LogP contribution < -0.4 is 10.6 Å². The molecule has 0 spiro atoms. The number of hydrogen-bond acceptors (Lipinski definition) is 4. The van der Waals surface area contributed by atoms with E-state index in [1.54, 1.807) is 0 Å². The molecule has 1 unspecified atom stereocenters. The summed E-state index contributed by atoms with van der Waals surface area (Å²) in [6.45, 7) is 5.39. The number of hydrogen-bond donors (Lipinski definition) is 1. The van der Waals surface area contributed by atoms with Crippen LogP contribution in [-0.4, -0.2) is 48.5 Å². The molecular weight excluding hydrogens is 347 g/mol. The van der Waals surface area contributed by atoms with E-state index in [9.17, 15) is 4.79 Å². The van der Waals surface area contributed by atoms with Crippen LogP contribution in [0.15, 0.2) is 36.4 Å². The van der Waals surface area contributed by atoms with Gasteiger partial charge in [-0.05, 0) is 18.2 Å². The summed E-state index contributed by atoms with van der Waals surface area (Å²) >= 11 is 0. The minimum atomic E-state index is -0.0923. The van der Waals surface area contributed by atoms with Crippen molar-refractivity contribution in [1.82, 2.24) is 9.88 Å². The predicted molar refractivity (Wildman–Crippen MR) is 103 cm³/mol. The number of nitrogens with two attached hydrogens (primary N) is 1. The highest BCUT2D eigenvalue weighted by Gasteiger charge is 2.24. The van der Waals surface area contributed by atoms with Crippen molar-refractivity contribution in [3.05, 3.63) is 36.4 Å². The van der Waals surface area contributed by atoms with Crippen LogP contribution >= 0.6 is 24.8 Å². The zero-order valence-corrected chi connectivity index (χ0v) is 15.4. The van der Waals surface area contributed by atoms with Crippen LogP contribution in [0.2, 0.25) is 0 Å². The van der Waals surface area contributed by atoms with Crippen LogP contribution in [0.25, 0.3) is 10.9 Å². The Balaban J connectivity index is 0.00000144. The summed E-state index contributed by atoms with van der Waals surface area (Å²) in [5, 5.41) is 1.15. The zero-order valence-electron chi connectivity index (χ0n) is 13.7. The lowest BCUT2D eigenvalue weighted by atomic mass is 10.1. The van der Waals surface area contributed by atoms with Crippen LogP contribution in [0.5, 0.6) is 0 Å². The summed E-state index contributed by atoms with van der Waals surface area (Å²) in [5.41, 5.74) is 6.59. The van der Waals surface area contributed by atoms with Crippen molar-refractivity contribution >= 4 is 47.4 Å². The van der Waals surface area contributed by atoms with Gasteiger partial charge in [0, 0.05) is 44.0 Å². The van der Waals surface area contributed by atoms with E-state index in [2.05, 4.69) is 23.1 Å². The Labute approximate surface area is 155 Å². The summed E-state index contributed by atoms with van der Waals surface area (Å²) in [7, 11) is 0. The summed E-state index contributed by atoms with van der Waals surface area (Å²) < 4.78 is 0. The molecule has 2 aromatic rings. The lowest BCUT2D eigenvalue weighted by Gasteiger charge is -2.36. The van der Waals surface area contributed by atoms with Gasteiger partial charge in [-0.1, -0.05) is 25.1 Å². The van der Waals surface area contributed by atoms with E-state index in [0.29, 0.717) is 6.54 Å². The summed E-state index contributed by atoms with van der Waals surface area (Å²) in [5.74, 6) is 1.05. The van der Waals surface area contributed by atoms with Gasteiger partial charge in [0.15, 0.2) is 0 Å². The van der Waals surface area contributed by atoms with Crippen molar-refractivity contribution in [3.63, 3.8) is 0 Å². The molecule has 1 amide bonds. The molecule has 0 bridgehead atoms. The molecule has 7 heteroatoms. The third-order valence-corrected chi connectivity index (χ3v) is 4.27. The van der Waals surface area contributed by atoms with E-state index >= 15 is 0 Å². The molecule has 2 heterocycles. The van der Waals surface area contributed by atoms with Gasteiger partial charge in [-0.15, -0.1) is 24.8 Å². The first-order valence-electron chi connectivity index (χ1n) is 7.78. The highest BCUT2D eigenvalue weighted by molar-refractivity contribution is 5.85. The zero-order chi connectivity index (χ0) is 15.5. The average molecular weight is 371 g/mol. The number of nitrogens with zero attached hydrogens (tertiary/aromatic N) is 3. The second-order valence-electron chi connectivity index (χ2n) is 5.81. The van der Waals surface area contributed by atoms with Gasteiger partial charge in [0.25, 0.3) is 0 Å². The highest BCUT2D eigenvalue weighted by Crippen LogP contribution is 2.19. The molecule has 1 aromatic heterocycles. The van der Waals surface area contributed by atoms with Crippen molar-refractivity contribution in [1.29, 1.82) is 0 Å². The molecular formula is C17H24Cl2N4O. The predicted octanol–water partition coefficient (Wildman–Crippen LogP) is 2.32. The minimum absolute atomic E-state index is 0. The number of fused-ring (bicyclic) bond motifs is 1. The monoisotopic (exact) mass is 370 g/mol. The molecule has 0 saturated carbocycles. The number of pyridine rings is 1. The van der Waals surface area contributed by atoms with Crippen LogP contribution in [0.3, 0.4) is 0 Å². The third kappa shape index (κ3) is 4.29. The molecule has 1 aliphatic rings. The molecule has 1 fully saturated rings. The first-order chi connectivity index (χ1) is 10.7. The second kappa shape index (κ2) is 9.06. The number of carbonyl (C=O) groups is 1. The molecule has 1 saturated heterocycles. The van der Waals surface area contributed by atoms with E-state index in [1.807, 2.05) is 30.0 Å². The highest BCUT2D eigenvalue weighted by atomic mass is 35.5. The second-order valence-corrected chi connectivity index (χ2v) is 5.81. The van der Waals surface area contributed by atoms with Crippen molar-refractivity contribution < 1.29 is 4.79 Å². The van der Waals surface area contributed by atoms with Crippen molar-refractivity contribution in [3.8, 4) is 0 Å². The van der Waals surface area contributed by atoms with Crippen molar-refractivity contribution in [2.45, 2.75) is 6.92 Å². The first-order valence-corrected chi connectivity index (χ1v) is 7.78. The maximum Gasteiger partial charge on any atom is 0.226 e. The van der Waals surface area contributed by atoms with Crippen LogP contribution in [0.1, 0.15) is 6.92 Å². The molecule has 0 radical (unpaired) electrons. The Hall–Kier alpha value is -1.56. The fraction of sp³-hybridized carbons (Fsp3) is 0.412. The van der Waals surface area contributed by atoms with E-state index < -0.39 is 0 Å². The Bertz CT molecular complexity index is 674. The number of aromatic nitrogens is 1. The third-order valence-electron chi connectivity index (χ3n) is 4.27. The fourth-order valence-electron chi connectivity index (χ4n) is 2.80. The SMILES string of the molecule is CC(CN)C(=O)N1CCN(c2ccc3ccccc3n2)CC1.Cl.Cl. The summed E-state index contributed by atoms with van der Waals surface area (Å²) in [6.07, 6.45) is 0. The molecule has 2 N–H and O–H groups in total. The minimum Gasteiger partial charge on any atom is -0.353 e. The lowest BCUT2D eigenvalue weighted by molar-refractivity contribution is -0.134. The molecule has 24 heavy (non-hydrogen) atoms. The number of piperazine rings is 1. The Kier molecular flexibility index (Phi) is 7.73. The number of carbonyl (C=O) groups excluding carboxylic acids is 1. The van der Waals surface area contributed by atoms with E-state index in [1.165, 1.54) is 0 Å². The van der Waals surface area contributed by atoms with Crippen LogP contribution in [0.4, 0.5) is 5.82 Å². The summed E-state index contributed by atoms with van der Waals surface area (Å²) in [6, 6.07) is 12.3. The molecule has 0 aliphatic carbocycles. The van der Waals surface area contributed by atoms with Crippen LogP contribution in [0, 0.1) is 5.92 Å². The Morgan fingerprint density at radius 3 is 2.46 bits per heavy atom. The molecule has 5 nitrogen and oxygen atoms in total. The van der Waals surface area contributed by atoms with Crippen molar-refractivity contribution in [2.75, 3.05) is 37.6 Å². The van der Waals surface area contributed by atoms with Gasteiger partial charge in [-0.25, -0.2) is 4.98 Å². The molecule has 1 aromatic carbocycles. The van der Waals surface area contributed by atoms with Gasteiger partial charge in [0.2, 0.25) is 5.91 Å². The normalized spacial score (nSPS) is 15.4. The van der Waals surface area contributed by atoms with E-state index in [-0.39, 0.29) is 36.6 Å². The largest absolute Gasteiger partial charge is 0.353 e. The van der Waals surface area contributed by atoms with E-state index in [4.69, 9.17) is 10.7 Å². The maximum atomic E-state index is 12.2.